The summed E-state index contributed by atoms with van der Waals surface area (Å²) < 4.78 is 7.25. The van der Waals surface area contributed by atoms with Crippen molar-refractivity contribution in [1.29, 1.82) is 0 Å². The van der Waals surface area contributed by atoms with Crippen LogP contribution in [0.15, 0.2) is 48.5 Å². The van der Waals surface area contributed by atoms with E-state index < -0.39 is 0 Å². The van der Waals surface area contributed by atoms with E-state index in [-0.39, 0.29) is 23.9 Å². The molecule has 0 aliphatic heterocycles. The first-order chi connectivity index (χ1) is 12.8. The Bertz CT molecular complexity index is 956. The van der Waals surface area contributed by atoms with Gasteiger partial charge < -0.3 is 10.1 Å². The van der Waals surface area contributed by atoms with E-state index in [1.165, 1.54) is 5.56 Å². The molecule has 28 heavy (non-hydrogen) atoms. The highest BCUT2D eigenvalue weighted by Gasteiger charge is 2.20. The Morgan fingerprint density at radius 1 is 1.11 bits per heavy atom. The van der Waals surface area contributed by atoms with Crippen molar-refractivity contribution in [3.05, 3.63) is 65.4 Å². The molecule has 0 aliphatic carbocycles. The highest BCUT2D eigenvalue weighted by atomic mass is 35.5. The fraction of sp³-hybridized carbons (Fsp3) is 0.348. The largest absolute Gasteiger partial charge is 0.497 e. The number of fused-ring (bicyclic) bond motifs is 1. The fourth-order valence-electron chi connectivity index (χ4n) is 3.44. The minimum atomic E-state index is -0.00158. The van der Waals surface area contributed by atoms with Crippen LogP contribution < -0.4 is 10.1 Å². The van der Waals surface area contributed by atoms with Gasteiger partial charge in [0.1, 0.15) is 5.75 Å². The van der Waals surface area contributed by atoms with Gasteiger partial charge in [-0.2, -0.15) is 0 Å². The molecule has 4 nitrogen and oxygen atoms in total. The van der Waals surface area contributed by atoms with E-state index in [1.807, 2.05) is 60.0 Å². The SMILES string of the molecule is COc1ccc2c(c1)c(CCNC(C)(C)C)c(C)n2C(=O)c1ccccc1.Cl. The fourth-order valence-corrected chi connectivity index (χ4v) is 3.44. The molecule has 1 aromatic heterocycles. The molecular formula is C23H29ClN2O2. The Labute approximate surface area is 173 Å². The Morgan fingerprint density at radius 3 is 2.39 bits per heavy atom. The molecule has 0 saturated carbocycles. The van der Waals surface area contributed by atoms with Crippen molar-refractivity contribution in [1.82, 2.24) is 9.88 Å². The number of hydrogen-bond acceptors (Lipinski definition) is 3. The van der Waals surface area contributed by atoms with Crippen LogP contribution in [-0.4, -0.2) is 29.7 Å². The molecule has 0 fully saturated rings. The average Bonchev–Trinajstić information content (AvgIpc) is 2.92. The maximum atomic E-state index is 13.2. The van der Waals surface area contributed by atoms with Crippen molar-refractivity contribution in [3.8, 4) is 5.75 Å². The zero-order chi connectivity index (χ0) is 19.6. The Hall–Kier alpha value is -2.30. The number of carbonyl (C=O) groups is 1. The zero-order valence-corrected chi connectivity index (χ0v) is 18.0. The second kappa shape index (κ2) is 8.80. The van der Waals surface area contributed by atoms with Crippen LogP contribution in [0.4, 0.5) is 0 Å². The number of ether oxygens (including phenoxy) is 1. The lowest BCUT2D eigenvalue weighted by atomic mass is 10.1. The lowest BCUT2D eigenvalue weighted by Crippen LogP contribution is -2.37. The third-order valence-corrected chi connectivity index (χ3v) is 4.80. The second-order valence-corrected chi connectivity index (χ2v) is 7.88. The molecule has 0 aliphatic rings. The standard InChI is InChI=1S/C23H28N2O2.ClH/c1-16-19(13-14-24-23(2,3)4)20-15-18(27-5)11-12-21(20)25(16)22(26)17-9-7-6-8-10-17;/h6-12,15,24H,13-14H2,1-5H3;1H. The number of carbonyl (C=O) groups excluding carboxylic acids is 1. The normalized spacial score (nSPS) is 11.3. The monoisotopic (exact) mass is 400 g/mol. The van der Waals surface area contributed by atoms with Gasteiger partial charge in [0.05, 0.1) is 12.6 Å². The molecular weight excluding hydrogens is 372 g/mol. The lowest BCUT2D eigenvalue weighted by Gasteiger charge is -2.20. The van der Waals surface area contributed by atoms with Gasteiger partial charge >= 0.3 is 0 Å². The van der Waals surface area contributed by atoms with E-state index in [1.54, 1.807) is 7.11 Å². The van der Waals surface area contributed by atoms with Crippen molar-refractivity contribution >= 4 is 29.2 Å². The summed E-state index contributed by atoms with van der Waals surface area (Å²) in [5.74, 6) is 0.801. The van der Waals surface area contributed by atoms with Crippen LogP contribution in [0.5, 0.6) is 5.75 Å². The molecule has 0 spiro atoms. The lowest BCUT2D eigenvalue weighted by molar-refractivity contribution is 0.0963. The van der Waals surface area contributed by atoms with E-state index in [0.717, 1.165) is 35.3 Å². The number of aromatic nitrogens is 1. The molecule has 3 rings (SSSR count). The van der Waals surface area contributed by atoms with Crippen LogP contribution in [-0.2, 0) is 6.42 Å². The zero-order valence-electron chi connectivity index (χ0n) is 17.2. The van der Waals surface area contributed by atoms with Crippen LogP contribution in [0, 0.1) is 6.92 Å². The number of hydrogen-bond donors (Lipinski definition) is 1. The molecule has 0 atom stereocenters. The van der Waals surface area contributed by atoms with Gasteiger partial charge in [-0.3, -0.25) is 9.36 Å². The summed E-state index contributed by atoms with van der Waals surface area (Å²) in [6.07, 6.45) is 0.849. The number of nitrogens with one attached hydrogen (secondary N) is 1. The van der Waals surface area contributed by atoms with Gasteiger partial charge in [0.15, 0.2) is 0 Å². The average molecular weight is 401 g/mol. The van der Waals surface area contributed by atoms with Gasteiger partial charge in [-0.15, -0.1) is 12.4 Å². The molecule has 0 unspecified atom stereocenters. The Kier molecular flexibility index (Phi) is 6.91. The van der Waals surface area contributed by atoms with Crippen LogP contribution in [0.3, 0.4) is 0 Å². The van der Waals surface area contributed by atoms with Crippen molar-refractivity contribution in [2.75, 3.05) is 13.7 Å². The first kappa shape index (κ1) is 22.0. The number of halogens is 1. The first-order valence-corrected chi connectivity index (χ1v) is 9.34. The molecule has 150 valence electrons. The highest BCUT2D eigenvalue weighted by Crippen LogP contribution is 2.30. The van der Waals surface area contributed by atoms with Gasteiger partial charge in [-0.1, -0.05) is 18.2 Å². The van der Waals surface area contributed by atoms with Gasteiger partial charge in [0, 0.05) is 22.2 Å². The van der Waals surface area contributed by atoms with Crippen molar-refractivity contribution in [2.45, 2.75) is 39.7 Å². The summed E-state index contributed by atoms with van der Waals surface area (Å²) in [5, 5.41) is 4.61. The van der Waals surface area contributed by atoms with E-state index in [9.17, 15) is 4.79 Å². The molecule has 0 saturated heterocycles. The molecule has 1 heterocycles. The molecule has 0 bridgehead atoms. The molecule has 0 amide bonds. The summed E-state index contributed by atoms with van der Waals surface area (Å²) in [6.45, 7) is 9.35. The van der Waals surface area contributed by atoms with E-state index >= 15 is 0 Å². The molecule has 2 aromatic carbocycles. The predicted octanol–water partition coefficient (Wildman–Crippen LogP) is 5.00. The van der Waals surface area contributed by atoms with Crippen molar-refractivity contribution < 1.29 is 9.53 Å². The quantitative estimate of drug-likeness (QED) is 0.655. The Morgan fingerprint density at radius 2 is 1.79 bits per heavy atom. The summed E-state index contributed by atoms with van der Waals surface area (Å²) >= 11 is 0. The second-order valence-electron chi connectivity index (χ2n) is 7.88. The van der Waals surface area contributed by atoms with Crippen LogP contribution in [0.25, 0.3) is 10.9 Å². The minimum absolute atomic E-state index is 0. The van der Waals surface area contributed by atoms with Crippen molar-refractivity contribution in [3.63, 3.8) is 0 Å². The number of rotatable bonds is 5. The third kappa shape index (κ3) is 4.57. The molecule has 3 aromatic rings. The summed E-state index contributed by atoms with van der Waals surface area (Å²) in [7, 11) is 1.67. The van der Waals surface area contributed by atoms with Crippen LogP contribution in [0.2, 0.25) is 0 Å². The van der Waals surface area contributed by atoms with Gasteiger partial charge in [0.2, 0.25) is 0 Å². The van der Waals surface area contributed by atoms with E-state index in [0.29, 0.717) is 5.56 Å². The summed E-state index contributed by atoms with van der Waals surface area (Å²) in [6, 6.07) is 15.3. The summed E-state index contributed by atoms with van der Waals surface area (Å²) in [4.78, 5) is 13.2. The van der Waals surface area contributed by atoms with E-state index in [2.05, 4.69) is 26.1 Å². The Balaban J connectivity index is 0.00000280. The maximum Gasteiger partial charge on any atom is 0.262 e. The third-order valence-electron chi connectivity index (χ3n) is 4.80. The molecule has 0 radical (unpaired) electrons. The van der Waals surface area contributed by atoms with Crippen LogP contribution >= 0.6 is 12.4 Å². The number of nitrogens with zero attached hydrogens (tertiary/aromatic N) is 1. The smallest absolute Gasteiger partial charge is 0.262 e. The molecule has 5 heteroatoms. The van der Waals surface area contributed by atoms with Crippen molar-refractivity contribution in [2.24, 2.45) is 0 Å². The minimum Gasteiger partial charge on any atom is -0.497 e. The topological polar surface area (TPSA) is 43.3 Å². The van der Waals surface area contributed by atoms with Gasteiger partial charge in [-0.25, -0.2) is 0 Å². The van der Waals surface area contributed by atoms with Gasteiger partial charge in [0.25, 0.3) is 5.91 Å². The number of benzene rings is 2. The van der Waals surface area contributed by atoms with Gasteiger partial charge in [-0.05, 0) is 76.6 Å². The van der Waals surface area contributed by atoms with Crippen LogP contribution in [0.1, 0.15) is 42.4 Å². The number of methoxy groups -OCH3 is 1. The maximum absolute atomic E-state index is 13.2. The highest BCUT2D eigenvalue weighted by molar-refractivity contribution is 6.04. The predicted molar refractivity (Wildman–Crippen MR) is 118 cm³/mol. The first-order valence-electron chi connectivity index (χ1n) is 9.34. The summed E-state index contributed by atoms with van der Waals surface area (Å²) in [5.41, 5.74) is 3.84. The van der Waals surface area contributed by atoms with E-state index in [4.69, 9.17) is 4.74 Å². The molecule has 1 N–H and O–H groups in total.